The number of carbonyl (C=O) groups is 1. The van der Waals surface area contributed by atoms with E-state index in [1.807, 2.05) is 30.3 Å². The average molecular weight is 417 g/mol. The Morgan fingerprint density at radius 2 is 1.72 bits per heavy atom. The van der Waals surface area contributed by atoms with Gasteiger partial charge in [0.2, 0.25) is 15.9 Å². The Kier molecular flexibility index (Phi) is 6.82. The minimum Gasteiger partial charge on any atom is -0.349 e. The lowest BCUT2D eigenvalue weighted by Gasteiger charge is -2.30. The Balaban J connectivity index is 1.55. The van der Waals surface area contributed by atoms with Crippen LogP contribution in [0.3, 0.4) is 0 Å². The molecule has 1 heterocycles. The van der Waals surface area contributed by atoms with E-state index < -0.39 is 16.1 Å². The number of sulfonamides is 1. The van der Waals surface area contributed by atoms with Gasteiger partial charge in [0.25, 0.3) is 0 Å². The molecule has 0 aliphatic carbocycles. The number of benzene rings is 2. The highest BCUT2D eigenvalue weighted by molar-refractivity contribution is 7.92. The normalized spacial score (nSPS) is 17.3. The van der Waals surface area contributed by atoms with Crippen LogP contribution in [0, 0.1) is 11.7 Å². The summed E-state index contributed by atoms with van der Waals surface area (Å²) < 4.78 is 40.3. The summed E-state index contributed by atoms with van der Waals surface area (Å²) in [5, 5.41) is 4.06. The maximum Gasteiger partial charge on any atom is 0.236 e. The third-order valence-electron chi connectivity index (χ3n) is 5.15. The molecular weight excluding hydrogens is 391 g/mol. The van der Waals surface area contributed by atoms with Crippen molar-refractivity contribution in [2.24, 2.45) is 5.92 Å². The summed E-state index contributed by atoms with van der Waals surface area (Å²) in [5.41, 5.74) is 1.25. The molecule has 2 aromatic carbocycles. The second kappa shape index (κ2) is 9.33. The Morgan fingerprint density at radius 3 is 2.38 bits per heavy atom. The molecule has 7 heteroatoms. The lowest BCUT2D eigenvalue weighted by atomic mass is 9.96. The zero-order valence-electron chi connectivity index (χ0n) is 16.3. The molecule has 29 heavy (non-hydrogen) atoms. The van der Waals surface area contributed by atoms with Crippen LogP contribution in [0.5, 0.6) is 0 Å². The molecule has 5 nitrogen and oxygen atoms in total. The fourth-order valence-corrected chi connectivity index (χ4v) is 4.64. The molecule has 154 valence electrons. The van der Waals surface area contributed by atoms with E-state index in [2.05, 4.69) is 5.32 Å². The minimum absolute atomic E-state index is 0.169. The van der Waals surface area contributed by atoms with Crippen molar-refractivity contribution < 1.29 is 17.6 Å². The number of rotatable bonds is 6. The lowest BCUT2D eigenvalue weighted by molar-refractivity contribution is -0.126. The van der Waals surface area contributed by atoms with E-state index in [9.17, 15) is 17.6 Å². The first-order valence-corrected chi connectivity index (χ1v) is 11.2. The standard InChI is InChI=1S/C22H25FN2O3S/c1-17(20-9-5-6-10-21(20)23)24-22(26)19-11-14-25(15-12-19)29(27,28)16-13-18-7-3-2-4-8-18/h2-10,13,16-17,19H,11-12,14-15H2,1H3,(H,24,26)/b16-13+/t17-/m0/s1. The van der Waals surface area contributed by atoms with Crippen LogP contribution in [0.4, 0.5) is 4.39 Å². The van der Waals surface area contributed by atoms with E-state index >= 15 is 0 Å². The van der Waals surface area contributed by atoms with Gasteiger partial charge in [-0.3, -0.25) is 4.79 Å². The largest absolute Gasteiger partial charge is 0.349 e. The quantitative estimate of drug-likeness (QED) is 0.781. The number of hydrogen-bond acceptors (Lipinski definition) is 3. The van der Waals surface area contributed by atoms with Crippen LogP contribution < -0.4 is 5.32 Å². The van der Waals surface area contributed by atoms with Gasteiger partial charge in [0.05, 0.1) is 6.04 Å². The smallest absolute Gasteiger partial charge is 0.236 e. The Bertz CT molecular complexity index is 969. The predicted octanol–water partition coefficient (Wildman–Crippen LogP) is 3.72. The van der Waals surface area contributed by atoms with E-state index in [1.54, 1.807) is 31.2 Å². The highest BCUT2D eigenvalue weighted by atomic mass is 32.2. The molecule has 2 aromatic rings. The van der Waals surface area contributed by atoms with Gasteiger partial charge in [0.15, 0.2) is 0 Å². The number of hydrogen-bond donors (Lipinski definition) is 1. The van der Waals surface area contributed by atoms with Crippen molar-refractivity contribution in [1.82, 2.24) is 9.62 Å². The van der Waals surface area contributed by atoms with Crippen LogP contribution in [0.25, 0.3) is 6.08 Å². The number of nitrogens with zero attached hydrogens (tertiary/aromatic N) is 1. The molecular formula is C22H25FN2O3S. The van der Waals surface area contributed by atoms with E-state index in [1.165, 1.54) is 15.8 Å². The number of amides is 1. The van der Waals surface area contributed by atoms with Crippen LogP contribution in [-0.2, 0) is 14.8 Å². The number of nitrogens with one attached hydrogen (secondary N) is 1. The molecule has 1 aliphatic heterocycles. The van der Waals surface area contributed by atoms with Crippen molar-refractivity contribution >= 4 is 22.0 Å². The maximum atomic E-state index is 13.9. The second-order valence-electron chi connectivity index (χ2n) is 7.18. The zero-order chi connectivity index (χ0) is 20.9. The topological polar surface area (TPSA) is 66.5 Å². The van der Waals surface area contributed by atoms with Crippen molar-refractivity contribution in [3.8, 4) is 0 Å². The first-order valence-electron chi connectivity index (χ1n) is 9.65. The number of halogens is 1. The van der Waals surface area contributed by atoms with Crippen LogP contribution in [-0.4, -0.2) is 31.7 Å². The van der Waals surface area contributed by atoms with Gasteiger partial charge in [-0.15, -0.1) is 0 Å². The first kappa shape index (κ1) is 21.2. The van der Waals surface area contributed by atoms with Gasteiger partial charge in [0, 0.05) is 30.0 Å². The number of piperidine rings is 1. The monoisotopic (exact) mass is 416 g/mol. The summed E-state index contributed by atoms with van der Waals surface area (Å²) in [6, 6.07) is 15.1. The van der Waals surface area contributed by atoms with Gasteiger partial charge < -0.3 is 5.32 Å². The molecule has 0 saturated carbocycles. The molecule has 1 aliphatic rings. The molecule has 0 unspecified atom stereocenters. The molecule has 1 fully saturated rings. The van der Waals surface area contributed by atoms with Crippen molar-refractivity contribution in [1.29, 1.82) is 0 Å². The SMILES string of the molecule is C[C@H](NC(=O)C1CCN(S(=O)(=O)/C=C/c2ccccc2)CC1)c1ccccc1F. The molecule has 0 aromatic heterocycles. The third-order valence-corrected chi connectivity index (χ3v) is 6.71. The summed E-state index contributed by atoms with van der Waals surface area (Å²) in [6.45, 7) is 2.31. The fourth-order valence-electron chi connectivity index (χ4n) is 3.42. The Hall–Kier alpha value is -2.51. The van der Waals surface area contributed by atoms with Crippen LogP contribution in [0.15, 0.2) is 60.0 Å². The van der Waals surface area contributed by atoms with E-state index in [0.717, 1.165) is 5.56 Å². The average Bonchev–Trinajstić information content (AvgIpc) is 2.73. The van der Waals surface area contributed by atoms with Gasteiger partial charge in [-0.05, 0) is 37.5 Å². The summed E-state index contributed by atoms with van der Waals surface area (Å²) in [4.78, 5) is 12.5. The van der Waals surface area contributed by atoms with Gasteiger partial charge in [0.1, 0.15) is 5.82 Å². The zero-order valence-corrected chi connectivity index (χ0v) is 17.1. The summed E-state index contributed by atoms with van der Waals surface area (Å²) in [5.74, 6) is -0.808. The molecule has 1 N–H and O–H groups in total. The minimum atomic E-state index is -3.53. The Labute approximate surface area is 171 Å². The molecule has 3 rings (SSSR count). The maximum absolute atomic E-state index is 13.9. The van der Waals surface area contributed by atoms with E-state index in [0.29, 0.717) is 18.4 Å². The van der Waals surface area contributed by atoms with Gasteiger partial charge >= 0.3 is 0 Å². The highest BCUT2D eigenvalue weighted by Crippen LogP contribution is 2.23. The summed E-state index contributed by atoms with van der Waals surface area (Å²) in [7, 11) is -3.53. The van der Waals surface area contributed by atoms with Crippen LogP contribution in [0.2, 0.25) is 0 Å². The molecule has 0 radical (unpaired) electrons. The molecule has 1 saturated heterocycles. The molecule has 0 bridgehead atoms. The van der Waals surface area contributed by atoms with Gasteiger partial charge in [-0.2, -0.15) is 4.31 Å². The van der Waals surface area contributed by atoms with Crippen LogP contribution in [0.1, 0.15) is 36.9 Å². The van der Waals surface area contributed by atoms with Gasteiger partial charge in [-0.25, -0.2) is 12.8 Å². The van der Waals surface area contributed by atoms with Crippen molar-refractivity contribution in [2.45, 2.75) is 25.8 Å². The second-order valence-corrected chi connectivity index (χ2v) is 9.00. The molecule has 0 spiro atoms. The van der Waals surface area contributed by atoms with Crippen LogP contribution >= 0.6 is 0 Å². The van der Waals surface area contributed by atoms with Gasteiger partial charge in [-0.1, -0.05) is 48.5 Å². The molecule has 1 amide bonds. The van der Waals surface area contributed by atoms with E-state index in [-0.39, 0.29) is 30.7 Å². The highest BCUT2D eigenvalue weighted by Gasteiger charge is 2.30. The Morgan fingerprint density at radius 1 is 1.10 bits per heavy atom. The predicted molar refractivity (Wildman–Crippen MR) is 112 cm³/mol. The lowest BCUT2D eigenvalue weighted by Crippen LogP contribution is -2.42. The summed E-state index contributed by atoms with van der Waals surface area (Å²) in [6.07, 6.45) is 2.45. The first-order chi connectivity index (χ1) is 13.9. The van der Waals surface area contributed by atoms with Crippen molar-refractivity contribution in [2.75, 3.05) is 13.1 Å². The molecule has 1 atom stereocenters. The summed E-state index contributed by atoms with van der Waals surface area (Å²) >= 11 is 0. The fraction of sp³-hybridized carbons (Fsp3) is 0.318. The number of carbonyl (C=O) groups excluding carboxylic acids is 1. The van der Waals surface area contributed by atoms with Crippen molar-refractivity contribution in [3.63, 3.8) is 0 Å². The third kappa shape index (κ3) is 5.52. The van der Waals surface area contributed by atoms with E-state index in [4.69, 9.17) is 0 Å². The van der Waals surface area contributed by atoms with Crippen molar-refractivity contribution in [3.05, 3.63) is 76.9 Å².